The van der Waals surface area contributed by atoms with Gasteiger partial charge in [0, 0.05) is 31.7 Å². The van der Waals surface area contributed by atoms with Crippen molar-refractivity contribution in [3.63, 3.8) is 0 Å². The summed E-state index contributed by atoms with van der Waals surface area (Å²) < 4.78 is 5.45. The summed E-state index contributed by atoms with van der Waals surface area (Å²) in [5, 5.41) is 3.17. The number of amides is 1. The van der Waals surface area contributed by atoms with Crippen LogP contribution in [0.4, 0.5) is 0 Å². The first-order chi connectivity index (χ1) is 10.6. The molecule has 2 atom stereocenters. The van der Waals surface area contributed by atoms with Gasteiger partial charge in [0.05, 0.1) is 19.8 Å². The van der Waals surface area contributed by atoms with E-state index in [4.69, 9.17) is 4.74 Å². The Balaban J connectivity index is 1.77. The van der Waals surface area contributed by atoms with Gasteiger partial charge in [-0.25, -0.2) is 0 Å². The summed E-state index contributed by atoms with van der Waals surface area (Å²) in [5.41, 5.74) is 0. The Kier molecular flexibility index (Phi) is 7.12. The van der Waals surface area contributed by atoms with Crippen molar-refractivity contribution in [2.45, 2.75) is 52.1 Å². The summed E-state index contributed by atoms with van der Waals surface area (Å²) in [7, 11) is 0. The zero-order chi connectivity index (χ0) is 15.9. The maximum Gasteiger partial charge on any atom is 0.234 e. The first-order valence-electron chi connectivity index (χ1n) is 8.88. The van der Waals surface area contributed by atoms with E-state index in [1.807, 2.05) is 0 Å². The van der Waals surface area contributed by atoms with Crippen LogP contribution in [-0.2, 0) is 9.53 Å². The molecule has 0 radical (unpaired) electrons. The molecule has 0 aromatic carbocycles. The summed E-state index contributed by atoms with van der Waals surface area (Å²) in [6.45, 7) is 12.7. The van der Waals surface area contributed by atoms with Gasteiger partial charge >= 0.3 is 0 Å². The molecule has 128 valence electrons. The molecule has 0 aliphatic carbocycles. The minimum absolute atomic E-state index is 0.177. The number of hydrogen-bond acceptors (Lipinski definition) is 4. The van der Waals surface area contributed by atoms with E-state index in [9.17, 15) is 4.79 Å². The molecule has 0 unspecified atom stereocenters. The van der Waals surface area contributed by atoms with Crippen molar-refractivity contribution in [1.82, 2.24) is 15.1 Å². The molecule has 0 aromatic heterocycles. The van der Waals surface area contributed by atoms with E-state index in [0.717, 1.165) is 45.8 Å². The maximum atomic E-state index is 12.2. The van der Waals surface area contributed by atoms with Crippen molar-refractivity contribution in [2.24, 2.45) is 5.92 Å². The standard InChI is InChI=1S/C17H33N3O2/c1-14(2)11-16(19-7-9-22-10-8-19)12-18-17(21)13-20-6-4-5-15(20)3/h14-16H,4-13H2,1-3H3,(H,18,21)/t15-,16+/m1/s1. The van der Waals surface area contributed by atoms with Gasteiger partial charge in [0.15, 0.2) is 0 Å². The molecule has 0 bridgehead atoms. The summed E-state index contributed by atoms with van der Waals surface area (Å²) in [5.74, 6) is 0.819. The van der Waals surface area contributed by atoms with Crippen LogP contribution in [-0.4, -0.2) is 73.7 Å². The monoisotopic (exact) mass is 311 g/mol. The van der Waals surface area contributed by atoms with Crippen LogP contribution in [0.2, 0.25) is 0 Å². The van der Waals surface area contributed by atoms with Gasteiger partial charge in [-0.1, -0.05) is 13.8 Å². The highest BCUT2D eigenvalue weighted by molar-refractivity contribution is 5.78. The van der Waals surface area contributed by atoms with E-state index in [2.05, 4.69) is 35.9 Å². The largest absolute Gasteiger partial charge is 0.379 e. The topological polar surface area (TPSA) is 44.8 Å². The van der Waals surface area contributed by atoms with Crippen LogP contribution in [0.25, 0.3) is 0 Å². The lowest BCUT2D eigenvalue weighted by Crippen LogP contribution is -2.50. The zero-order valence-electron chi connectivity index (χ0n) is 14.5. The van der Waals surface area contributed by atoms with Crippen molar-refractivity contribution in [3.05, 3.63) is 0 Å². The van der Waals surface area contributed by atoms with Gasteiger partial charge in [-0.3, -0.25) is 14.6 Å². The highest BCUT2D eigenvalue weighted by Crippen LogP contribution is 2.16. The molecule has 0 spiro atoms. The van der Waals surface area contributed by atoms with E-state index in [-0.39, 0.29) is 5.91 Å². The van der Waals surface area contributed by atoms with Crippen LogP contribution in [0, 0.1) is 5.92 Å². The molecule has 2 aliphatic rings. The zero-order valence-corrected chi connectivity index (χ0v) is 14.5. The van der Waals surface area contributed by atoms with E-state index in [1.165, 1.54) is 12.8 Å². The Morgan fingerprint density at radius 2 is 2.00 bits per heavy atom. The van der Waals surface area contributed by atoms with Crippen molar-refractivity contribution in [3.8, 4) is 0 Å². The normalized spacial score (nSPS) is 25.5. The number of ether oxygens (including phenoxy) is 1. The molecule has 5 nitrogen and oxygen atoms in total. The van der Waals surface area contributed by atoms with Crippen LogP contribution >= 0.6 is 0 Å². The quantitative estimate of drug-likeness (QED) is 0.770. The second kappa shape index (κ2) is 8.85. The average molecular weight is 311 g/mol. The van der Waals surface area contributed by atoms with Crippen molar-refractivity contribution in [2.75, 3.05) is 45.9 Å². The van der Waals surface area contributed by atoms with Crippen LogP contribution in [0.3, 0.4) is 0 Å². The Labute approximate surface area is 135 Å². The summed E-state index contributed by atoms with van der Waals surface area (Å²) in [6, 6.07) is 0.986. The summed E-state index contributed by atoms with van der Waals surface area (Å²) >= 11 is 0. The number of hydrogen-bond donors (Lipinski definition) is 1. The highest BCUT2D eigenvalue weighted by atomic mass is 16.5. The molecule has 5 heteroatoms. The number of morpholine rings is 1. The molecule has 2 saturated heterocycles. The lowest BCUT2D eigenvalue weighted by molar-refractivity contribution is -0.122. The minimum Gasteiger partial charge on any atom is -0.379 e. The predicted octanol–water partition coefficient (Wildman–Crippen LogP) is 1.33. The predicted molar refractivity (Wildman–Crippen MR) is 88.9 cm³/mol. The molecule has 2 aliphatic heterocycles. The van der Waals surface area contributed by atoms with Gasteiger partial charge in [-0.15, -0.1) is 0 Å². The first-order valence-corrected chi connectivity index (χ1v) is 8.88. The van der Waals surface area contributed by atoms with Gasteiger partial charge in [-0.2, -0.15) is 0 Å². The Bertz CT molecular complexity index is 343. The SMILES string of the molecule is CC(C)C[C@@H](CNC(=O)CN1CCC[C@H]1C)N1CCOCC1. The van der Waals surface area contributed by atoms with Crippen LogP contribution in [0.5, 0.6) is 0 Å². The fourth-order valence-electron chi connectivity index (χ4n) is 3.55. The third-order valence-corrected chi connectivity index (χ3v) is 4.88. The second-order valence-corrected chi connectivity index (χ2v) is 7.20. The number of carbonyl (C=O) groups is 1. The van der Waals surface area contributed by atoms with Crippen LogP contribution in [0.15, 0.2) is 0 Å². The fourth-order valence-corrected chi connectivity index (χ4v) is 3.55. The lowest BCUT2D eigenvalue weighted by Gasteiger charge is -2.35. The van der Waals surface area contributed by atoms with Crippen LogP contribution in [0.1, 0.15) is 40.0 Å². The van der Waals surface area contributed by atoms with Gasteiger partial charge in [0.1, 0.15) is 0 Å². The number of likely N-dealkylation sites (tertiary alicyclic amines) is 1. The third-order valence-electron chi connectivity index (χ3n) is 4.88. The minimum atomic E-state index is 0.177. The molecule has 2 heterocycles. The number of carbonyl (C=O) groups excluding carboxylic acids is 1. The molecule has 1 amide bonds. The smallest absolute Gasteiger partial charge is 0.234 e. The molecule has 2 rings (SSSR count). The molecule has 1 N–H and O–H groups in total. The Morgan fingerprint density at radius 1 is 1.27 bits per heavy atom. The number of rotatable bonds is 7. The Morgan fingerprint density at radius 3 is 2.59 bits per heavy atom. The van der Waals surface area contributed by atoms with Crippen molar-refractivity contribution in [1.29, 1.82) is 0 Å². The van der Waals surface area contributed by atoms with Gasteiger partial charge in [0.25, 0.3) is 0 Å². The molecule has 0 aromatic rings. The van der Waals surface area contributed by atoms with E-state index >= 15 is 0 Å². The second-order valence-electron chi connectivity index (χ2n) is 7.20. The fraction of sp³-hybridized carbons (Fsp3) is 0.941. The molecule has 2 fully saturated rings. The van der Waals surface area contributed by atoms with Crippen molar-refractivity contribution < 1.29 is 9.53 Å². The average Bonchev–Trinajstić information content (AvgIpc) is 2.89. The summed E-state index contributed by atoms with van der Waals surface area (Å²) in [4.78, 5) is 17.0. The van der Waals surface area contributed by atoms with Gasteiger partial charge in [-0.05, 0) is 38.6 Å². The molecular formula is C17H33N3O2. The highest BCUT2D eigenvalue weighted by Gasteiger charge is 2.25. The Hall–Kier alpha value is -0.650. The summed E-state index contributed by atoms with van der Waals surface area (Å²) in [6.07, 6.45) is 3.57. The van der Waals surface area contributed by atoms with E-state index in [1.54, 1.807) is 0 Å². The number of nitrogens with zero attached hydrogens (tertiary/aromatic N) is 2. The van der Waals surface area contributed by atoms with E-state index < -0.39 is 0 Å². The van der Waals surface area contributed by atoms with Gasteiger partial charge < -0.3 is 10.1 Å². The van der Waals surface area contributed by atoms with Gasteiger partial charge in [0.2, 0.25) is 5.91 Å². The molecule has 22 heavy (non-hydrogen) atoms. The molecule has 0 saturated carbocycles. The lowest BCUT2D eigenvalue weighted by atomic mass is 10.0. The van der Waals surface area contributed by atoms with E-state index in [0.29, 0.717) is 24.5 Å². The first kappa shape index (κ1) is 17.7. The number of nitrogens with one attached hydrogen (secondary N) is 1. The van der Waals surface area contributed by atoms with Crippen molar-refractivity contribution >= 4 is 5.91 Å². The maximum absolute atomic E-state index is 12.2. The van der Waals surface area contributed by atoms with Crippen LogP contribution < -0.4 is 5.32 Å². The molecular weight excluding hydrogens is 278 g/mol. The third kappa shape index (κ3) is 5.52.